The quantitative estimate of drug-likeness (QED) is 0.223. The van der Waals surface area contributed by atoms with Crippen molar-refractivity contribution in [1.82, 2.24) is 19.5 Å². The highest BCUT2D eigenvalue weighted by Crippen LogP contribution is 2.38. The number of rotatable bonds is 6. The molecule has 3 aromatic carbocycles. The molecule has 1 fully saturated rings. The second kappa shape index (κ2) is 10.5. The Morgan fingerprint density at radius 2 is 1.41 bits per heavy atom. The Bertz CT molecular complexity index is 1610. The van der Waals surface area contributed by atoms with Gasteiger partial charge in [-0.2, -0.15) is 0 Å². The minimum atomic E-state index is -0.644. The molecule has 0 saturated carbocycles. The third-order valence-electron chi connectivity index (χ3n) is 6.26. The van der Waals surface area contributed by atoms with Gasteiger partial charge in [-0.3, -0.25) is 19.0 Å². The predicted molar refractivity (Wildman–Crippen MR) is 145 cm³/mol. The third kappa shape index (κ3) is 4.77. The van der Waals surface area contributed by atoms with E-state index in [0.717, 1.165) is 9.80 Å². The fourth-order valence-electron chi connectivity index (χ4n) is 4.39. The van der Waals surface area contributed by atoms with Crippen molar-refractivity contribution in [3.05, 3.63) is 115 Å². The average molecular weight is 536 g/mol. The number of amides is 2. The Kier molecular flexibility index (Phi) is 6.60. The predicted octanol–water partition coefficient (Wildman–Crippen LogP) is 4.92. The summed E-state index contributed by atoms with van der Waals surface area (Å²) in [5.74, 6) is -1.39. The van der Waals surface area contributed by atoms with Crippen molar-refractivity contribution in [1.29, 1.82) is 0 Å². The first kappa shape index (κ1) is 24.5. The summed E-state index contributed by atoms with van der Waals surface area (Å²) in [6.07, 6.45) is 2.52. The summed E-state index contributed by atoms with van der Waals surface area (Å²) in [5.41, 5.74) is 1.22. The van der Waals surface area contributed by atoms with Gasteiger partial charge in [0.05, 0.1) is 0 Å². The highest BCUT2D eigenvalue weighted by molar-refractivity contribution is 8.00. The summed E-state index contributed by atoms with van der Waals surface area (Å²) < 4.78 is 7.33. The van der Waals surface area contributed by atoms with Crippen molar-refractivity contribution < 1.29 is 19.1 Å². The van der Waals surface area contributed by atoms with Gasteiger partial charge in [-0.1, -0.05) is 54.6 Å². The first-order chi connectivity index (χ1) is 19.1. The van der Waals surface area contributed by atoms with Crippen molar-refractivity contribution in [2.45, 2.75) is 22.8 Å². The van der Waals surface area contributed by atoms with Crippen LogP contribution in [0.1, 0.15) is 33.4 Å². The van der Waals surface area contributed by atoms with Crippen LogP contribution in [0, 0.1) is 0 Å². The molecule has 2 amide bonds. The van der Waals surface area contributed by atoms with E-state index in [2.05, 4.69) is 15.0 Å². The first-order valence-corrected chi connectivity index (χ1v) is 13.1. The van der Waals surface area contributed by atoms with Gasteiger partial charge in [-0.25, -0.2) is 19.9 Å². The van der Waals surface area contributed by atoms with E-state index in [0.29, 0.717) is 23.2 Å². The Balaban J connectivity index is 1.37. The molecule has 0 unspecified atom stereocenters. The second-order valence-corrected chi connectivity index (χ2v) is 10.0. The van der Waals surface area contributed by atoms with Crippen molar-refractivity contribution >= 4 is 46.5 Å². The lowest BCUT2D eigenvalue weighted by Crippen LogP contribution is -2.38. The van der Waals surface area contributed by atoms with Crippen LogP contribution in [0.4, 0.5) is 5.82 Å². The van der Waals surface area contributed by atoms with E-state index in [-0.39, 0.29) is 17.3 Å². The van der Waals surface area contributed by atoms with Gasteiger partial charge in [-0.05, 0) is 36.4 Å². The third-order valence-corrected chi connectivity index (χ3v) is 7.48. The van der Waals surface area contributed by atoms with Crippen LogP contribution in [-0.4, -0.2) is 42.6 Å². The number of fused-ring (bicyclic) bond motifs is 1. The molecule has 1 aliphatic heterocycles. The molecule has 1 saturated heterocycles. The Hall–Kier alpha value is -4.83. The van der Waals surface area contributed by atoms with Gasteiger partial charge in [-0.15, -0.1) is 11.8 Å². The maximum atomic E-state index is 13.7. The number of esters is 1. The molecule has 2 atom stereocenters. The van der Waals surface area contributed by atoms with Crippen molar-refractivity contribution in [3.8, 4) is 0 Å². The molecule has 5 aromatic rings. The van der Waals surface area contributed by atoms with Crippen LogP contribution >= 0.6 is 11.8 Å². The zero-order valence-electron chi connectivity index (χ0n) is 20.5. The van der Waals surface area contributed by atoms with Crippen LogP contribution in [0.15, 0.2) is 109 Å². The summed E-state index contributed by atoms with van der Waals surface area (Å²) >= 11 is 1.44. The summed E-state index contributed by atoms with van der Waals surface area (Å²) in [6, 6.07) is 26.6. The van der Waals surface area contributed by atoms with E-state index in [9.17, 15) is 14.4 Å². The molecular formula is C29H21N5O4S. The first-order valence-electron chi connectivity index (χ1n) is 12.2. The number of anilines is 1. The van der Waals surface area contributed by atoms with Gasteiger partial charge in [0.2, 0.25) is 0 Å². The molecule has 3 heterocycles. The van der Waals surface area contributed by atoms with E-state index in [1.807, 2.05) is 30.3 Å². The Morgan fingerprint density at radius 3 is 2.03 bits per heavy atom. The van der Waals surface area contributed by atoms with E-state index in [1.54, 1.807) is 65.2 Å². The largest absolute Gasteiger partial charge is 0.440 e. The smallest absolute Gasteiger partial charge is 0.321 e. The molecule has 10 heteroatoms. The zero-order valence-corrected chi connectivity index (χ0v) is 21.3. The van der Waals surface area contributed by atoms with Crippen molar-refractivity contribution in [3.63, 3.8) is 0 Å². The SMILES string of the molecule is O=C1O[C@@H](n2cnc3c(N(C(=O)c4ccccc4)C(=O)c4ccccc4)ncnc32)C[C@@H]1Sc1ccccc1. The number of carbonyl (C=O) groups excluding carboxylic acids is 3. The molecule has 0 spiro atoms. The van der Waals surface area contributed by atoms with E-state index >= 15 is 0 Å². The highest BCUT2D eigenvalue weighted by Gasteiger charge is 2.38. The molecule has 1 aliphatic rings. The molecule has 39 heavy (non-hydrogen) atoms. The molecule has 2 aromatic heterocycles. The molecule has 9 nitrogen and oxygen atoms in total. The van der Waals surface area contributed by atoms with Crippen LogP contribution in [0.3, 0.4) is 0 Å². The van der Waals surface area contributed by atoms with E-state index < -0.39 is 23.3 Å². The Labute approximate surface area is 227 Å². The van der Waals surface area contributed by atoms with Gasteiger partial charge in [0.25, 0.3) is 11.8 Å². The fraction of sp³-hybridized carbons (Fsp3) is 0.103. The van der Waals surface area contributed by atoms with Crippen molar-refractivity contribution in [2.24, 2.45) is 0 Å². The van der Waals surface area contributed by atoms with Crippen molar-refractivity contribution in [2.75, 3.05) is 4.90 Å². The Morgan fingerprint density at radius 1 is 0.821 bits per heavy atom. The number of ether oxygens (including phenoxy) is 1. The number of thioether (sulfide) groups is 1. The lowest BCUT2D eigenvalue weighted by Gasteiger charge is -2.20. The van der Waals surface area contributed by atoms with Gasteiger partial charge in [0, 0.05) is 22.4 Å². The van der Waals surface area contributed by atoms with Crippen LogP contribution in [-0.2, 0) is 9.53 Å². The number of benzene rings is 3. The molecule has 0 aliphatic carbocycles. The summed E-state index contributed by atoms with van der Waals surface area (Å²) in [5, 5.41) is -0.396. The number of nitrogens with zero attached hydrogens (tertiary/aromatic N) is 5. The van der Waals surface area contributed by atoms with Gasteiger partial charge in [0.15, 0.2) is 23.2 Å². The molecule has 0 radical (unpaired) electrons. The summed E-state index contributed by atoms with van der Waals surface area (Å²) in [6.45, 7) is 0. The van der Waals surface area contributed by atoms with Crippen LogP contribution in [0.25, 0.3) is 11.2 Å². The number of aromatic nitrogens is 4. The lowest BCUT2D eigenvalue weighted by atomic mass is 10.1. The maximum absolute atomic E-state index is 13.7. The number of hydrogen-bond acceptors (Lipinski definition) is 8. The number of carbonyl (C=O) groups is 3. The van der Waals surface area contributed by atoms with Crippen LogP contribution in [0.2, 0.25) is 0 Å². The maximum Gasteiger partial charge on any atom is 0.321 e. The van der Waals surface area contributed by atoms with Crippen LogP contribution in [0.5, 0.6) is 0 Å². The minimum Gasteiger partial charge on any atom is -0.440 e. The molecule has 192 valence electrons. The monoisotopic (exact) mass is 535 g/mol. The lowest BCUT2D eigenvalue weighted by molar-refractivity contribution is -0.143. The zero-order chi connectivity index (χ0) is 26.8. The van der Waals surface area contributed by atoms with Gasteiger partial charge >= 0.3 is 5.97 Å². The average Bonchev–Trinajstić information content (AvgIpc) is 3.58. The fourth-order valence-corrected chi connectivity index (χ4v) is 5.44. The number of cyclic esters (lactones) is 1. The topological polar surface area (TPSA) is 107 Å². The van der Waals surface area contributed by atoms with Gasteiger partial charge in [0.1, 0.15) is 17.9 Å². The minimum absolute atomic E-state index is 0.0426. The molecule has 6 rings (SSSR count). The number of imide groups is 1. The normalized spacial score (nSPS) is 16.7. The summed E-state index contributed by atoms with van der Waals surface area (Å²) in [4.78, 5) is 55.1. The number of imidazole rings is 1. The molecule has 0 N–H and O–H groups in total. The molecule has 0 bridgehead atoms. The highest BCUT2D eigenvalue weighted by atomic mass is 32.2. The number of hydrogen-bond donors (Lipinski definition) is 0. The van der Waals surface area contributed by atoms with E-state index in [1.165, 1.54) is 24.4 Å². The van der Waals surface area contributed by atoms with Crippen LogP contribution < -0.4 is 4.90 Å². The summed E-state index contributed by atoms with van der Waals surface area (Å²) in [7, 11) is 0. The van der Waals surface area contributed by atoms with Gasteiger partial charge < -0.3 is 4.74 Å². The second-order valence-electron chi connectivity index (χ2n) is 8.75. The molecular weight excluding hydrogens is 514 g/mol. The standard InChI is InChI=1S/C29H21N5O4S/c35-27(19-10-4-1-5-11-19)34(28(36)20-12-6-2-7-13-20)26-24-25(30-17-31-26)33(18-32-24)23-16-22(29(37)38-23)39-21-14-8-3-9-15-21/h1-15,17-18,22-23H,16H2/t22-,23+/m0/s1. The van der Waals surface area contributed by atoms with E-state index in [4.69, 9.17) is 4.74 Å².